The van der Waals surface area contributed by atoms with Gasteiger partial charge in [0, 0.05) is 47.7 Å². The quantitative estimate of drug-likeness (QED) is 0.501. The molecular weight excluding hydrogens is 458 g/mol. The number of nitrogens with one attached hydrogen (secondary N) is 1. The van der Waals surface area contributed by atoms with Gasteiger partial charge in [-0.2, -0.15) is 4.39 Å². The molecule has 0 aliphatic carbocycles. The summed E-state index contributed by atoms with van der Waals surface area (Å²) in [6.07, 6.45) is 1.28. The van der Waals surface area contributed by atoms with Crippen molar-refractivity contribution in [2.45, 2.75) is 26.0 Å². The van der Waals surface area contributed by atoms with Crippen LogP contribution in [0.25, 0.3) is 0 Å². The molecule has 2 atom stereocenters. The number of nitrogens with two attached hydrogens (primary N) is 1. The Kier molecular flexibility index (Phi) is 8.47. The van der Waals surface area contributed by atoms with E-state index in [0.29, 0.717) is 54.8 Å². The number of halogens is 3. The molecule has 0 saturated carbocycles. The summed E-state index contributed by atoms with van der Waals surface area (Å²) < 4.78 is 15.3. The van der Waals surface area contributed by atoms with E-state index in [2.05, 4.69) is 15.3 Å². The molecule has 4 N–H and O–H groups in total. The number of likely N-dealkylation sites (tertiary alicyclic amines) is 1. The molecule has 1 fully saturated rings. The molecule has 1 aromatic heterocycles. The van der Waals surface area contributed by atoms with E-state index in [1.54, 1.807) is 23.1 Å². The Hall–Kier alpha value is -2.20. The molecule has 1 aliphatic heterocycles. The molecule has 3 rings (SSSR count). The number of nitrogens with zero attached hydrogens (tertiary/aromatic N) is 4. The molecule has 2 heterocycles. The van der Waals surface area contributed by atoms with Crippen molar-refractivity contribution in [2.75, 3.05) is 42.9 Å². The van der Waals surface area contributed by atoms with E-state index in [4.69, 9.17) is 28.9 Å². The average Bonchev–Trinajstić information content (AvgIpc) is 2.74. The second kappa shape index (κ2) is 11.1. The van der Waals surface area contributed by atoms with E-state index < -0.39 is 17.8 Å². The van der Waals surface area contributed by atoms with Crippen LogP contribution in [0.2, 0.25) is 10.0 Å². The lowest BCUT2D eigenvalue weighted by molar-refractivity contribution is -0.120. The number of benzene rings is 1. The number of carbonyl (C=O) groups excluding carboxylic acids is 1. The van der Waals surface area contributed by atoms with E-state index in [-0.39, 0.29) is 24.1 Å². The molecule has 8 nitrogen and oxygen atoms in total. The van der Waals surface area contributed by atoms with Gasteiger partial charge in [-0.1, -0.05) is 29.3 Å². The normalized spacial score (nSPS) is 19.0. The zero-order valence-corrected chi connectivity index (χ0v) is 19.3. The first-order valence-electron chi connectivity index (χ1n) is 10.4. The van der Waals surface area contributed by atoms with Gasteiger partial charge in [-0.3, -0.25) is 9.69 Å². The minimum atomic E-state index is -0.658. The average molecular weight is 485 g/mol. The number of anilines is 2. The molecule has 174 valence electrons. The lowest BCUT2D eigenvalue weighted by atomic mass is 9.94. The van der Waals surface area contributed by atoms with Gasteiger partial charge in [0.15, 0.2) is 11.6 Å². The number of aliphatic hydroxyl groups excluding tert-OH is 1. The summed E-state index contributed by atoms with van der Waals surface area (Å²) in [5.41, 5.74) is 5.91. The van der Waals surface area contributed by atoms with Gasteiger partial charge in [0.25, 0.3) is 0 Å². The number of aliphatic hydroxyl groups is 1. The van der Waals surface area contributed by atoms with Crippen LogP contribution in [0.1, 0.15) is 18.9 Å². The van der Waals surface area contributed by atoms with Crippen molar-refractivity contribution in [1.29, 1.82) is 0 Å². The van der Waals surface area contributed by atoms with Gasteiger partial charge in [0.05, 0.1) is 12.6 Å². The van der Waals surface area contributed by atoms with Gasteiger partial charge in [-0.15, -0.1) is 0 Å². The molecule has 0 radical (unpaired) electrons. The Labute approximate surface area is 196 Å². The highest BCUT2D eigenvalue weighted by molar-refractivity contribution is 6.36. The summed E-state index contributed by atoms with van der Waals surface area (Å²) in [6, 6.07) is 5.23. The molecule has 32 heavy (non-hydrogen) atoms. The summed E-state index contributed by atoms with van der Waals surface area (Å²) in [6.45, 7) is 4.08. The van der Waals surface area contributed by atoms with Crippen LogP contribution in [0.5, 0.6) is 0 Å². The number of hydrogen-bond acceptors (Lipinski definition) is 7. The SMILES string of the molecule is CCN(Cc1c(Cl)cccc1Cl)c1ncnc(NC[C@H]2CCN(CC(N)=O)C[C@@H]2O)c1F. The Morgan fingerprint density at radius 3 is 2.72 bits per heavy atom. The number of rotatable bonds is 9. The van der Waals surface area contributed by atoms with E-state index in [1.807, 2.05) is 11.8 Å². The highest BCUT2D eigenvalue weighted by Crippen LogP contribution is 2.29. The van der Waals surface area contributed by atoms with E-state index in [1.165, 1.54) is 6.33 Å². The predicted octanol–water partition coefficient (Wildman–Crippen LogP) is 2.53. The third-order valence-corrected chi connectivity index (χ3v) is 6.29. The van der Waals surface area contributed by atoms with Crippen molar-refractivity contribution in [3.05, 3.63) is 46.0 Å². The molecule has 1 aromatic carbocycles. The fraction of sp³-hybridized carbons (Fsp3) is 0.476. The standard InChI is InChI=1S/C21H27Cl2FN6O2/c1-2-30(9-14-15(22)4-3-5-16(14)23)21-19(24)20(27-12-28-21)26-8-13-6-7-29(10-17(13)31)11-18(25)32/h3-5,12-13,17,31H,2,6-11H2,1H3,(H2,25,32)(H,26,27,28)/t13-,17+/m1/s1. The smallest absolute Gasteiger partial charge is 0.231 e. The Balaban J connectivity index is 1.68. The zero-order valence-electron chi connectivity index (χ0n) is 17.8. The number of amides is 1. The van der Waals surface area contributed by atoms with Crippen LogP contribution in [0.15, 0.2) is 24.5 Å². The maximum absolute atomic E-state index is 15.3. The van der Waals surface area contributed by atoms with Crippen molar-refractivity contribution in [3.63, 3.8) is 0 Å². The highest BCUT2D eigenvalue weighted by Gasteiger charge is 2.28. The highest BCUT2D eigenvalue weighted by atomic mass is 35.5. The fourth-order valence-electron chi connectivity index (χ4n) is 3.79. The summed E-state index contributed by atoms with van der Waals surface area (Å²) in [5, 5.41) is 14.4. The molecule has 0 unspecified atom stereocenters. The van der Waals surface area contributed by atoms with Crippen LogP contribution in [0.4, 0.5) is 16.0 Å². The largest absolute Gasteiger partial charge is 0.391 e. The summed E-state index contributed by atoms with van der Waals surface area (Å²) >= 11 is 12.5. The molecule has 1 saturated heterocycles. The van der Waals surface area contributed by atoms with Gasteiger partial charge in [-0.05, 0) is 32.0 Å². The van der Waals surface area contributed by atoms with E-state index >= 15 is 4.39 Å². The number of carbonyl (C=O) groups is 1. The van der Waals surface area contributed by atoms with Crippen LogP contribution in [-0.4, -0.2) is 64.7 Å². The van der Waals surface area contributed by atoms with Crippen molar-refractivity contribution < 1.29 is 14.3 Å². The van der Waals surface area contributed by atoms with Crippen LogP contribution >= 0.6 is 23.2 Å². The first-order valence-corrected chi connectivity index (χ1v) is 11.2. The third-order valence-electron chi connectivity index (χ3n) is 5.58. The maximum Gasteiger partial charge on any atom is 0.231 e. The van der Waals surface area contributed by atoms with E-state index in [9.17, 15) is 9.90 Å². The Bertz CT molecular complexity index is 930. The third kappa shape index (κ3) is 5.98. The predicted molar refractivity (Wildman–Crippen MR) is 123 cm³/mol. The second-order valence-corrected chi connectivity index (χ2v) is 8.59. The fourth-order valence-corrected chi connectivity index (χ4v) is 4.31. The summed E-state index contributed by atoms with van der Waals surface area (Å²) in [5.74, 6) is -0.925. The number of primary amides is 1. The molecule has 1 amide bonds. The number of β-amino-alcohol motifs (C(OH)–C–C–N with tert-alkyl or cyclic N) is 1. The van der Waals surface area contributed by atoms with Crippen LogP contribution < -0.4 is 16.0 Å². The lowest BCUT2D eigenvalue weighted by Gasteiger charge is -2.35. The number of piperidine rings is 1. The lowest BCUT2D eigenvalue weighted by Crippen LogP contribution is -2.48. The van der Waals surface area contributed by atoms with Gasteiger partial charge in [0.2, 0.25) is 11.7 Å². The molecular formula is C21H27Cl2FN6O2. The number of hydrogen-bond donors (Lipinski definition) is 3. The van der Waals surface area contributed by atoms with Gasteiger partial charge >= 0.3 is 0 Å². The minimum absolute atomic E-state index is 0.0606. The zero-order chi connectivity index (χ0) is 23.3. The van der Waals surface area contributed by atoms with Gasteiger partial charge in [0.1, 0.15) is 6.33 Å². The Morgan fingerprint density at radius 2 is 2.09 bits per heavy atom. The number of aromatic nitrogens is 2. The second-order valence-electron chi connectivity index (χ2n) is 7.77. The van der Waals surface area contributed by atoms with Crippen molar-refractivity contribution in [3.8, 4) is 0 Å². The molecule has 11 heteroatoms. The first kappa shape index (κ1) is 24.4. The summed E-state index contributed by atoms with van der Waals surface area (Å²) in [4.78, 5) is 22.8. The summed E-state index contributed by atoms with van der Waals surface area (Å²) in [7, 11) is 0. The minimum Gasteiger partial charge on any atom is -0.391 e. The van der Waals surface area contributed by atoms with E-state index in [0.717, 1.165) is 0 Å². The molecule has 1 aliphatic rings. The Morgan fingerprint density at radius 1 is 1.38 bits per heavy atom. The van der Waals surface area contributed by atoms with Crippen molar-refractivity contribution >= 4 is 40.7 Å². The molecule has 0 spiro atoms. The van der Waals surface area contributed by atoms with Crippen molar-refractivity contribution in [2.24, 2.45) is 11.7 Å². The first-order chi connectivity index (χ1) is 15.3. The van der Waals surface area contributed by atoms with Gasteiger partial charge in [-0.25, -0.2) is 9.97 Å². The van der Waals surface area contributed by atoms with Gasteiger partial charge < -0.3 is 21.1 Å². The topological polar surface area (TPSA) is 108 Å². The maximum atomic E-state index is 15.3. The molecule has 2 aromatic rings. The van der Waals surface area contributed by atoms with Crippen LogP contribution in [-0.2, 0) is 11.3 Å². The monoisotopic (exact) mass is 484 g/mol. The molecule has 0 bridgehead atoms. The van der Waals surface area contributed by atoms with Crippen LogP contribution in [0.3, 0.4) is 0 Å². The van der Waals surface area contributed by atoms with Crippen molar-refractivity contribution in [1.82, 2.24) is 14.9 Å². The van der Waals surface area contributed by atoms with Crippen LogP contribution in [0, 0.1) is 11.7 Å².